The molecule has 35 heavy (non-hydrogen) atoms. The second kappa shape index (κ2) is 7.98. The zero-order valence-corrected chi connectivity index (χ0v) is 19.0. The van der Waals surface area contributed by atoms with Crippen molar-refractivity contribution >= 4 is 22.6 Å². The topological polar surface area (TPSA) is 124 Å². The number of fused-ring (bicyclic) bond motifs is 1. The highest BCUT2D eigenvalue weighted by Gasteiger charge is 2.47. The molecular weight excluding hydrogens is 440 g/mol. The first-order chi connectivity index (χ1) is 17.0. The summed E-state index contributed by atoms with van der Waals surface area (Å²) in [5, 5.41) is 8.54. The highest BCUT2D eigenvalue weighted by molar-refractivity contribution is 5.99. The highest BCUT2D eigenvalue weighted by atomic mass is 16.2. The van der Waals surface area contributed by atoms with E-state index in [4.69, 9.17) is 10.7 Å². The van der Waals surface area contributed by atoms with Crippen LogP contribution in [0.15, 0.2) is 73.2 Å². The third-order valence-corrected chi connectivity index (χ3v) is 6.23. The van der Waals surface area contributed by atoms with E-state index in [0.717, 1.165) is 35.0 Å². The van der Waals surface area contributed by atoms with Crippen LogP contribution in [0.25, 0.3) is 33.5 Å². The summed E-state index contributed by atoms with van der Waals surface area (Å²) >= 11 is 0. The van der Waals surface area contributed by atoms with Crippen molar-refractivity contribution in [1.82, 2.24) is 35.0 Å². The number of rotatable bonds is 5. The molecular formula is C26H22N8O. The lowest BCUT2D eigenvalue weighted by Crippen LogP contribution is -2.36. The molecule has 0 atom stereocenters. The molecule has 1 saturated carbocycles. The van der Waals surface area contributed by atoms with Crippen molar-refractivity contribution in [3.8, 4) is 22.6 Å². The first-order valence-electron chi connectivity index (χ1n) is 11.3. The number of aromatic nitrogens is 6. The Morgan fingerprint density at radius 1 is 1.00 bits per heavy atom. The van der Waals surface area contributed by atoms with Crippen LogP contribution in [0, 0.1) is 0 Å². The van der Waals surface area contributed by atoms with E-state index in [2.05, 4.69) is 25.4 Å². The van der Waals surface area contributed by atoms with Crippen LogP contribution in [0.2, 0.25) is 0 Å². The number of nitrogens with one attached hydrogen (secondary N) is 1. The van der Waals surface area contributed by atoms with Gasteiger partial charge in [0.25, 0.3) is 5.91 Å². The van der Waals surface area contributed by atoms with Crippen LogP contribution in [0.3, 0.4) is 0 Å². The molecule has 0 unspecified atom stereocenters. The third kappa shape index (κ3) is 3.76. The van der Waals surface area contributed by atoms with Gasteiger partial charge in [-0.15, -0.1) is 0 Å². The van der Waals surface area contributed by atoms with Gasteiger partial charge in [-0.3, -0.25) is 19.4 Å². The van der Waals surface area contributed by atoms with Crippen molar-refractivity contribution < 1.29 is 4.79 Å². The third-order valence-electron chi connectivity index (χ3n) is 6.23. The summed E-state index contributed by atoms with van der Waals surface area (Å²) < 4.78 is 1.69. The van der Waals surface area contributed by atoms with Gasteiger partial charge in [0.2, 0.25) is 0 Å². The van der Waals surface area contributed by atoms with Gasteiger partial charge in [0.1, 0.15) is 11.4 Å². The maximum Gasteiger partial charge on any atom is 0.274 e. The Morgan fingerprint density at radius 3 is 2.60 bits per heavy atom. The van der Waals surface area contributed by atoms with E-state index in [9.17, 15) is 4.79 Å². The zero-order chi connectivity index (χ0) is 24.0. The molecule has 5 aromatic rings. The Morgan fingerprint density at radius 2 is 1.86 bits per heavy atom. The fourth-order valence-corrected chi connectivity index (χ4v) is 4.25. The standard InChI is InChI=1S/C26H22N8O/c1-34-14-9-19(33-34)22-21(17-7-8-18-16(15-17)5-4-13-28-18)30-23(24(27)31-22)25(35)32-26(10-11-26)20-6-2-3-12-29-20/h2-9,12-15H,10-11H2,1H3,(H2,27,31)(H,32,35). The van der Waals surface area contributed by atoms with E-state index in [1.165, 1.54) is 0 Å². The van der Waals surface area contributed by atoms with Gasteiger partial charge in [-0.25, -0.2) is 9.97 Å². The summed E-state index contributed by atoms with van der Waals surface area (Å²) in [6, 6.07) is 17.2. The molecule has 172 valence electrons. The number of carbonyl (C=O) groups is 1. The van der Waals surface area contributed by atoms with Crippen molar-refractivity contribution in [2.24, 2.45) is 7.05 Å². The number of carbonyl (C=O) groups excluding carboxylic acids is 1. The molecule has 1 aliphatic rings. The molecule has 1 fully saturated rings. The van der Waals surface area contributed by atoms with Crippen molar-refractivity contribution in [1.29, 1.82) is 0 Å². The fourth-order valence-electron chi connectivity index (χ4n) is 4.25. The maximum absolute atomic E-state index is 13.4. The first kappa shape index (κ1) is 20.9. The normalized spacial score (nSPS) is 14.1. The lowest BCUT2D eigenvalue weighted by molar-refractivity contribution is 0.0925. The van der Waals surface area contributed by atoms with Crippen molar-refractivity contribution in [3.05, 3.63) is 84.6 Å². The average Bonchev–Trinajstić information content (AvgIpc) is 3.54. The molecule has 1 amide bonds. The van der Waals surface area contributed by atoms with Gasteiger partial charge in [-0.05, 0) is 49.2 Å². The molecule has 9 heteroatoms. The second-order valence-corrected chi connectivity index (χ2v) is 8.69. The molecule has 4 heterocycles. The quantitative estimate of drug-likeness (QED) is 0.410. The van der Waals surface area contributed by atoms with Crippen LogP contribution < -0.4 is 11.1 Å². The maximum atomic E-state index is 13.4. The summed E-state index contributed by atoms with van der Waals surface area (Å²) in [5.74, 6) is -0.333. The molecule has 9 nitrogen and oxygen atoms in total. The molecule has 0 saturated heterocycles. The summed E-state index contributed by atoms with van der Waals surface area (Å²) in [6.45, 7) is 0. The number of pyridine rings is 2. The fraction of sp³-hybridized carbons (Fsp3) is 0.154. The predicted molar refractivity (Wildman–Crippen MR) is 132 cm³/mol. The van der Waals surface area contributed by atoms with Gasteiger partial charge in [-0.2, -0.15) is 5.10 Å². The SMILES string of the molecule is Cn1ccc(-c2nc(N)c(C(=O)NC3(c4ccccn4)CC3)nc2-c2ccc3ncccc3c2)n1. The number of hydrogen-bond acceptors (Lipinski definition) is 7. The number of amides is 1. The number of nitrogen functional groups attached to an aromatic ring is 1. The first-order valence-corrected chi connectivity index (χ1v) is 11.3. The van der Waals surface area contributed by atoms with Gasteiger partial charge < -0.3 is 11.1 Å². The van der Waals surface area contributed by atoms with Gasteiger partial charge in [0.15, 0.2) is 11.5 Å². The molecule has 0 bridgehead atoms. The number of hydrogen-bond donors (Lipinski definition) is 2. The number of benzene rings is 1. The van der Waals surface area contributed by atoms with E-state index in [-0.39, 0.29) is 17.4 Å². The molecule has 3 N–H and O–H groups in total. The minimum absolute atomic E-state index is 0.0474. The van der Waals surface area contributed by atoms with Gasteiger partial charge >= 0.3 is 0 Å². The molecule has 0 aliphatic heterocycles. The molecule has 4 aromatic heterocycles. The zero-order valence-electron chi connectivity index (χ0n) is 19.0. The Bertz CT molecular complexity index is 1570. The smallest absolute Gasteiger partial charge is 0.274 e. The number of anilines is 1. The predicted octanol–water partition coefficient (Wildman–Crippen LogP) is 3.49. The Hall–Kier alpha value is -4.66. The summed E-state index contributed by atoms with van der Waals surface area (Å²) in [4.78, 5) is 31.6. The monoisotopic (exact) mass is 462 g/mol. The average molecular weight is 463 g/mol. The number of nitrogens with two attached hydrogens (primary N) is 1. The van der Waals surface area contributed by atoms with Crippen LogP contribution in [-0.4, -0.2) is 35.6 Å². The summed E-state index contributed by atoms with van der Waals surface area (Å²) in [5.41, 5.74) is 10.00. The lowest BCUT2D eigenvalue weighted by Gasteiger charge is -2.18. The Kier molecular flexibility index (Phi) is 4.77. The van der Waals surface area contributed by atoms with Crippen molar-refractivity contribution in [3.63, 3.8) is 0 Å². The van der Waals surface area contributed by atoms with Crippen molar-refractivity contribution in [2.75, 3.05) is 5.73 Å². The van der Waals surface area contributed by atoms with E-state index in [1.54, 1.807) is 17.1 Å². The Balaban J connectivity index is 1.45. The number of aryl methyl sites for hydroxylation is 1. The highest BCUT2D eigenvalue weighted by Crippen LogP contribution is 2.44. The van der Waals surface area contributed by atoms with E-state index < -0.39 is 5.54 Å². The van der Waals surface area contributed by atoms with E-state index in [1.807, 2.05) is 67.8 Å². The summed E-state index contributed by atoms with van der Waals surface area (Å²) in [7, 11) is 1.83. The van der Waals surface area contributed by atoms with Crippen LogP contribution in [0.5, 0.6) is 0 Å². The number of nitrogens with zero attached hydrogens (tertiary/aromatic N) is 6. The van der Waals surface area contributed by atoms with Crippen molar-refractivity contribution in [2.45, 2.75) is 18.4 Å². The lowest BCUT2D eigenvalue weighted by atomic mass is 10.0. The minimum Gasteiger partial charge on any atom is -0.382 e. The van der Waals surface area contributed by atoms with E-state index >= 15 is 0 Å². The van der Waals surface area contributed by atoms with Gasteiger partial charge in [-0.1, -0.05) is 18.2 Å². The molecule has 6 rings (SSSR count). The second-order valence-electron chi connectivity index (χ2n) is 8.69. The Labute approximate surface area is 201 Å². The van der Waals surface area contributed by atoms with Crippen LogP contribution in [-0.2, 0) is 12.6 Å². The van der Waals surface area contributed by atoms with Gasteiger partial charge in [0.05, 0.1) is 22.4 Å². The van der Waals surface area contributed by atoms with Crippen LogP contribution in [0.4, 0.5) is 5.82 Å². The molecule has 1 aromatic carbocycles. The molecule has 0 radical (unpaired) electrons. The van der Waals surface area contributed by atoms with Crippen LogP contribution in [0.1, 0.15) is 29.0 Å². The van der Waals surface area contributed by atoms with Crippen LogP contribution >= 0.6 is 0 Å². The summed E-state index contributed by atoms with van der Waals surface area (Å²) in [6.07, 6.45) is 6.91. The van der Waals surface area contributed by atoms with Gasteiger partial charge in [0, 0.05) is 36.6 Å². The largest absolute Gasteiger partial charge is 0.382 e. The molecule has 1 aliphatic carbocycles. The minimum atomic E-state index is -0.499. The molecule has 0 spiro atoms. The van der Waals surface area contributed by atoms with E-state index in [0.29, 0.717) is 17.1 Å².